The molecule has 0 spiro atoms. The van der Waals surface area contributed by atoms with Crippen molar-refractivity contribution in [1.82, 2.24) is 5.32 Å². The van der Waals surface area contributed by atoms with E-state index in [1.54, 1.807) is 0 Å². The van der Waals surface area contributed by atoms with E-state index in [2.05, 4.69) is 28.2 Å². The Morgan fingerprint density at radius 1 is 1.24 bits per heavy atom. The number of thiophene rings is 1. The van der Waals surface area contributed by atoms with Crippen molar-refractivity contribution in [3.05, 3.63) is 20.8 Å². The first-order valence-corrected chi connectivity index (χ1v) is 9.71. The minimum Gasteiger partial charge on any atom is -0.348 e. The average Bonchev–Trinajstić information content (AvgIpc) is 2.84. The van der Waals surface area contributed by atoms with Crippen molar-refractivity contribution in [3.8, 4) is 0 Å². The Kier molecular flexibility index (Phi) is 3.45. The van der Waals surface area contributed by atoms with Crippen molar-refractivity contribution in [2.75, 3.05) is 0 Å². The van der Waals surface area contributed by atoms with E-state index in [9.17, 15) is 4.79 Å². The van der Waals surface area contributed by atoms with Gasteiger partial charge in [0.25, 0.3) is 5.91 Å². The molecule has 21 heavy (non-hydrogen) atoms. The van der Waals surface area contributed by atoms with E-state index in [0.29, 0.717) is 11.5 Å². The summed E-state index contributed by atoms with van der Waals surface area (Å²) in [5.74, 6) is 2.92. The second-order valence-electron chi connectivity index (χ2n) is 7.58. The molecule has 114 valence electrons. The van der Waals surface area contributed by atoms with Gasteiger partial charge in [0.2, 0.25) is 0 Å². The van der Waals surface area contributed by atoms with Crippen LogP contribution in [-0.2, 0) is 0 Å². The van der Waals surface area contributed by atoms with Crippen LogP contribution in [0.4, 0.5) is 0 Å². The molecule has 1 amide bonds. The highest BCUT2D eigenvalue weighted by Crippen LogP contribution is 2.61. The van der Waals surface area contributed by atoms with Crippen molar-refractivity contribution in [1.29, 1.82) is 0 Å². The first-order valence-electron chi connectivity index (χ1n) is 8.10. The zero-order chi connectivity index (χ0) is 14.6. The number of rotatable bonds is 3. The van der Waals surface area contributed by atoms with E-state index in [0.717, 1.165) is 26.4 Å². The molecule has 1 N–H and O–H groups in total. The summed E-state index contributed by atoms with van der Waals surface area (Å²) in [5.41, 5.74) is 0.388. The quantitative estimate of drug-likeness (QED) is 0.812. The maximum absolute atomic E-state index is 12.4. The SMILES string of the molecule is C[C@@H](NC(=O)c1ccc(Br)s1)C12CC3CC(CC(C3)C1)C2. The molecule has 2 nitrogen and oxygen atoms in total. The zero-order valence-electron chi connectivity index (χ0n) is 12.4. The number of hydrogen-bond acceptors (Lipinski definition) is 2. The van der Waals surface area contributed by atoms with E-state index in [1.807, 2.05) is 12.1 Å². The normalized spacial score (nSPS) is 38.5. The maximum atomic E-state index is 12.4. The molecule has 4 fully saturated rings. The van der Waals surface area contributed by atoms with Crippen LogP contribution in [0.15, 0.2) is 15.9 Å². The van der Waals surface area contributed by atoms with Crippen LogP contribution in [0.3, 0.4) is 0 Å². The molecule has 0 radical (unpaired) electrons. The molecule has 4 saturated carbocycles. The van der Waals surface area contributed by atoms with Crippen LogP contribution in [-0.4, -0.2) is 11.9 Å². The topological polar surface area (TPSA) is 29.1 Å². The highest BCUT2D eigenvalue weighted by Gasteiger charge is 2.53. The minimum absolute atomic E-state index is 0.106. The Morgan fingerprint density at radius 2 is 1.81 bits per heavy atom. The van der Waals surface area contributed by atoms with Crippen LogP contribution in [0, 0.1) is 23.2 Å². The van der Waals surface area contributed by atoms with Crippen LogP contribution in [0.2, 0.25) is 0 Å². The second-order valence-corrected chi connectivity index (χ2v) is 10.0. The first kappa shape index (κ1) is 14.3. The van der Waals surface area contributed by atoms with Crippen LogP contribution in [0.25, 0.3) is 0 Å². The van der Waals surface area contributed by atoms with E-state index >= 15 is 0 Å². The van der Waals surface area contributed by atoms with Gasteiger partial charge in [0.1, 0.15) is 0 Å². The molecule has 1 heterocycles. The third kappa shape index (κ3) is 2.48. The van der Waals surface area contributed by atoms with E-state index in [4.69, 9.17) is 0 Å². The molecule has 0 unspecified atom stereocenters. The molecule has 4 aliphatic rings. The number of carbonyl (C=O) groups excluding carboxylic acids is 1. The number of halogens is 1. The van der Waals surface area contributed by atoms with Gasteiger partial charge in [-0.25, -0.2) is 0 Å². The molecule has 4 heteroatoms. The lowest BCUT2D eigenvalue weighted by molar-refractivity contribution is -0.0687. The van der Waals surface area contributed by atoms with Gasteiger partial charge in [0.15, 0.2) is 0 Å². The van der Waals surface area contributed by atoms with Gasteiger partial charge in [-0.15, -0.1) is 11.3 Å². The molecule has 1 aromatic rings. The molecule has 0 aromatic carbocycles. The fourth-order valence-electron chi connectivity index (χ4n) is 5.57. The van der Waals surface area contributed by atoms with Crippen molar-refractivity contribution in [2.24, 2.45) is 23.2 Å². The first-order chi connectivity index (χ1) is 10.0. The highest BCUT2D eigenvalue weighted by atomic mass is 79.9. The van der Waals surface area contributed by atoms with Crippen LogP contribution >= 0.6 is 27.3 Å². The van der Waals surface area contributed by atoms with Crippen molar-refractivity contribution in [3.63, 3.8) is 0 Å². The van der Waals surface area contributed by atoms with Crippen LogP contribution in [0.5, 0.6) is 0 Å². The van der Waals surface area contributed by atoms with Crippen LogP contribution < -0.4 is 5.32 Å². The Hall–Kier alpha value is -0.350. The summed E-state index contributed by atoms with van der Waals surface area (Å²) in [6.07, 6.45) is 8.39. The molecule has 1 aromatic heterocycles. The second kappa shape index (κ2) is 5.09. The molecular formula is C17H22BrNOS. The summed E-state index contributed by atoms with van der Waals surface area (Å²) in [5, 5.41) is 3.32. The number of hydrogen-bond donors (Lipinski definition) is 1. The Bertz CT molecular complexity index is 532. The maximum Gasteiger partial charge on any atom is 0.261 e. The average molecular weight is 368 g/mol. The van der Waals surface area contributed by atoms with E-state index in [-0.39, 0.29) is 5.91 Å². The summed E-state index contributed by atoms with van der Waals surface area (Å²) < 4.78 is 1.02. The van der Waals surface area contributed by atoms with Gasteiger partial charge in [-0.05, 0) is 96.7 Å². The fourth-order valence-corrected chi connectivity index (χ4v) is 6.85. The third-order valence-corrected chi connectivity index (χ3v) is 7.77. The van der Waals surface area contributed by atoms with Crippen molar-refractivity contribution >= 4 is 33.2 Å². The Balaban J connectivity index is 1.50. The molecule has 4 bridgehead atoms. The molecule has 4 aliphatic carbocycles. The monoisotopic (exact) mass is 367 g/mol. The van der Waals surface area contributed by atoms with Gasteiger partial charge in [0.05, 0.1) is 8.66 Å². The molecule has 1 atom stereocenters. The lowest BCUT2D eigenvalue weighted by Crippen LogP contribution is -2.55. The summed E-state index contributed by atoms with van der Waals surface area (Å²) in [7, 11) is 0. The highest BCUT2D eigenvalue weighted by molar-refractivity contribution is 9.11. The lowest BCUT2D eigenvalue weighted by atomic mass is 9.48. The largest absolute Gasteiger partial charge is 0.348 e. The number of nitrogens with one attached hydrogen (secondary N) is 1. The lowest BCUT2D eigenvalue weighted by Gasteiger charge is -2.59. The molecule has 0 aliphatic heterocycles. The standard InChI is InChI=1S/C17H22BrNOS/c1-10(19-16(20)14-2-3-15(18)21-14)17-7-11-4-12(8-17)6-13(5-11)9-17/h2-3,10-13H,4-9H2,1H3,(H,19,20)/t10-,11?,12?,13?,17?/m1/s1. The van der Waals surface area contributed by atoms with Gasteiger partial charge in [-0.3, -0.25) is 4.79 Å². The van der Waals surface area contributed by atoms with Crippen LogP contribution in [0.1, 0.15) is 55.1 Å². The van der Waals surface area contributed by atoms with Crippen molar-refractivity contribution in [2.45, 2.75) is 51.5 Å². The Morgan fingerprint density at radius 3 is 2.29 bits per heavy atom. The molecule has 0 saturated heterocycles. The molecule has 5 rings (SSSR count). The summed E-state index contributed by atoms with van der Waals surface area (Å²) in [4.78, 5) is 13.3. The van der Waals surface area contributed by atoms with Gasteiger partial charge < -0.3 is 5.32 Å². The third-order valence-electron chi connectivity index (χ3n) is 6.15. The number of amides is 1. The van der Waals surface area contributed by atoms with Gasteiger partial charge in [-0.1, -0.05) is 0 Å². The van der Waals surface area contributed by atoms with Gasteiger partial charge in [-0.2, -0.15) is 0 Å². The predicted molar refractivity (Wildman–Crippen MR) is 89.6 cm³/mol. The zero-order valence-corrected chi connectivity index (χ0v) is 14.8. The Labute approximate surface area is 138 Å². The smallest absolute Gasteiger partial charge is 0.261 e. The molecular weight excluding hydrogens is 346 g/mol. The summed E-state index contributed by atoms with van der Waals surface area (Å²) >= 11 is 4.96. The summed E-state index contributed by atoms with van der Waals surface area (Å²) in [6, 6.07) is 4.17. The number of carbonyl (C=O) groups is 1. The predicted octanol–water partition coefficient (Wildman–Crippen LogP) is 4.85. The van der Waals surface area contributed by atoms with Gasteiger partial charge >= 0.3 is 0 Å². The van der Waals surface area contributed by atoms with Crippen molar-refractivity contribution < 1.29 is 4.79 Å². The fraction of sp³-hybridized carbons (Fsp3) is 0.706. The summed E-state index contributed by atoms with van der Waals surface area (Å²) in [6.45, 7) is 2.24. The van der Waals surface area contributed by atoms with E-state index < -0.39 is 0 Å². The minimum atomic E-state index is 0.106. The van der Waals surface area contributed by atoms with Gasteiger partial charge in [0, 0.05) is 6.04 Å². The van der Waals surface area contributed by atoms with E-state index in [1.165, 1.54) is 49.9 Å².